The molecule has 0 radical (unpaired) electrons. The van der Waals surface area contributed by atoms with Gasteiger partial charge in [-0.1, -0.05) is 84.0 Å². The number of aliphatic carboxylic acids is 1. The molecule has 2 nitrogen and oxygen atoms in total. The number of carboxylic acids is 1. The summed E-state index contributed by atoms with van der Waals surface area (Å²) in [7, 11) is 0. The maximum atomic E-state index is 13.1. The third-order valence-corrected chi connectivity index (χ3v) is 3.77. The van der Waals surface area contributed by atoms with Gasteiger partial charge in [0.1, 0.15) is 6.17 Å². The van der Waals surface area contributed by atoms with Crippen molar-refractivity contribution in [2.45, 2.75) is 103 Å². The van der Waals surface area contributed by atoms with Gasteiger partial charge in [0.2, 0.25) is 0 Å². The molecular formula is C17H33FO2. The molecule has 20 heavy (non-hydrogen) atoms. The highest BCUT2D eigenvalue weighted by Gasteiger charge is 2.10. The minimum Gasteiger partial charge on any atom is -0.481 e. The molecule has 0 aromatic rings. The Balaban J connectivity index is 3.08. The van der Waals surface area contributed by atoms with Crippen molar-refractivity contribution in [1.29, 1.82) is 0 Å². The third kappa shape index (κ3) is 15.5. The first-order chi connectivity index (χ1) is 9.66. The van der Waals surface area contributed by atoms with Gasteiger partial charge >= 0.3 is 5.97 Å². The lowest BCUT2D eigenvalue weighted by Gasteiger charge is -2.05. The standard InChI is InChI=1S/C17H33FO2/c1-2-3-4-5-6-7-8-9-10-11-12-13-14-16(18)15-17(19)20/h16H,2-15H2,1H3,(H,19,20). The molecule has 0 aliphatic carbocycles. The highest BCUT2D eigenvalue weighted by molar-refractivity contribution is 5.67. The van der Waals surface area contributed by atoms with Crippen LogP contribution in [0.4, 0.5) is 4.39 Å². The van der Waals surface area contributed by atoms with Crippen LogP contribution in [0.1, 0.15) is 96.8 Å². The Kier molecular flexibility index (Phi) is 14.4. The van der Waals surface area contributed by atoms with Crippen LogP contribution in [0, 0.1) is 0 Å². The van der Waals surface area contributed by atoms with E-state index in [0.29, 0.717) is 6.42 Å². The Morgan fingerprint density at radius 1 is 0.850 bits per heavy atom. The first kappa shape index (κ1) is 19.4. The Labute approximate surface area is 124 Å². The van der Waals surface area contributed by atoms with Crippen LogP contribution in [-0.2, 0) is 4.79 Å². The van der Waals surface area contributed by atoms with Crippen molar-refractivity contribution in [1.82, 2.24) is 0 Å². The molecule has 0 aliphatic rings. The van der Waals surface area contributed by atoms with E-state index in [4.69, 9.17) is 5.11 Å². The number of hydrogen-bond donors (Lipinski definition) is 1. The second kappa shape index (κ2) is 14.8. The van der Waals surface area contributed by atoms with E-state index in [1.165, 1.54) is 57.8 Å². The summed E-state index contributed by atoms with van der Waals surface area (Å²) in [5.41, 5.74) is 0. The van der Waals surface area contributed by atoms with Crippen molar-refractivity contribution in [3.63, 3.8) is 0 Å². The van der Waals surface area contributed by atoms with E-state index in [2.05, 4.69) is 6.92 Å². The molecule has 0 aromatic carbocycles. The van der Waals surface area contributed by atoms with E-state index in [-0.39, 0.29) is 6.42 Å². The highest BCUT2D eigenvalue weighted by atomic mass is 19.1. The van der Waals surface area contributed by atoms with E-state index in [1.807, 2.05) is 0 Å². The Bertz CT molecular complexity index is 219. The second-order valence-electron chi connectivity index (χ2n) is 5.87. The van der Waals surface area contributed by atoms with Crippen molar-refractivity contribution >= 4 is 5.97 Å². The van der Waals surface area contributed by atoms with Crippen molar-refractivity contribution in [2.24, 2.45) is 0 Å². The fourth-order valence-electron chi connectivity index (χ4n) is 2.50. The molecule has 0 amide bonds. The van der Waals surface area contributed by atoms with Crippen molar-refractivity contribution < 1.29 is 14.3 Å². The van der Waals surface area contributed by atoms with Crippen LogP contribution in [0.5, 0.6) is 0 Å². The fourth-order valence-corrected chi connectivity index (χ4v) is 2.50. The summed E-state index contributed by atoms with van der Waals surface area (Å²) >= 11 is 0. The number of halogens is 1. The van der Waals surface area contributed by atoms with Gasteiger partial charge in [-0.3, -0.25) is 4.79 Å². The van der Waals surface area contributed by atoms with Gasteiger partial charge in [-0.15, -0.1) is 0 Å². The average Bonchev–Trinajstić information content (AvgIpc) is 2.39. The first-order valence-electron chi connectivity index (χ1n) is 8.52. The molecule has 0 rings (SSSR count). The minimum atomic E-state index is -1.16. The van der Waals surface area contributed by atoms with Crippen LogP contribution < -0.4 is 0 Å². The zero-order chi connectivity index (χ0) is 15.1. The number of carboxylic acid groups (broad SMARTS) is 1. The number of unbranched alkanes of at least 4 members (excludes halogenated alkanes) is 11. The summed E-state index contributed by atoms with van der Waals surface area (Å²) in [6.07, 6.45) is 14.0. The van der Waals surface area contributed by atoms with E-state index in [0.717, 1.165) is 19.3 Å². The summed E-state index contributed by atoms with van der Waals surface area (Å²) in [6.45, 7) is 2.24. The van der Waals surface area contributed by atoms with Gasteiger partial charge in [0.05, 0.1) is 6.42 Å². The summed E-state index contributed by atoms with van der Waals surface area (Å²) in [4.78, 5) is 10.3. The van der Waals surface area contributed by atoms with Gasteiger partial charge in [-0.25, -0.2) is 4.39 Å². The van der Waals surface area contributed by atoms with E-state index < -0.39 is 12.1 Å². The lowest BCUT2D eigenvalue weighted by Crippen LogP contribution is -2.07. The van der Waals surface area contributed by atoms with Gasteiger partial charge < -0.3 is 5.11 Å². The predicted molar refractivity (Wildman–Crippen MR) is 82.8 cm³/mol. The lowest BCUT2D eigenvalue weighted by atomic mass is 10.0. The topological polar surface area (TPSA) is 37.3 Å². The number of alkyl halides is 1. The first-order valence-corrected chi connectivity index (χ1v) is 8.52. The second-order valence-corrected chi connectivity index (χ2v) is 5.87. The van der Waals surface area contributed by atoms with Gasteiger partial charge in [0, 0.05) is 0 Å². The van der Waals surface area contributed by atoms with Crippen molar-refractivity contribution in [2.75, 3.05) is 0 Å². The Hall–Kier alpha value is -0.600. The molecule has 1 atom stereocenters. The SMILES string of the molecule is CCCCCCCCCCCCCCC(F)CC(=O)O. The molecule has 120 valence electrons. The van der Waals surface area contributed by atoms with E-state index in [1.54, 1.807) is 0 Å². The van der Waals surface area contributed by atoms with Crippen LogP contribution in [0.15, 0.2) is 0 Å². The molecule has 0 saturated heterocycles. The van der Waals surface area contributed by atoms with Crippen LogP contribution in [0.3, 0.4) is 0 Å². The lowest BCUT2D eigenvalue weighted by molar-refractivity contribution is -0.138. The molecule has 1 unspecified atom stereocenters. The van der Waals surface area contributed by atoms with Crippen LogP contribution >= 0.6 is 0 Å². The smallest absolute Gasteiger partial charge is 0.306 e. The largest absolute Gasteiger partial charge is 0.481 e. The minimum absolute atomic E-state index is 0.335. The number of carbonyl (C=O) groups is 1. The highest BCUT2D eigenvalue weighted by Crippen LogP contribution is 2.14. The maximum Gasteiger partial charge on any atom is 0.306 e. The quantitative estimate of drug-likeness (QED) is 0.381. The normalized spacial score (nSPS) is 12.5. The molecule has 0 heterocycles. The summed E-state index contributed by atoms with van der Waals surface area (Å²) < 4.78 is 13.1. The monoisotopic (exact) mass is 288 g/mol. The van der Waals surface area contributed by atoms with Crippen LogP contribution in [-0.4, -0.2) is 17.2 Å². The number of rotatable bonds is 15. The zero-order valence-corrected chi connectivity index (χ0v) is 13.2. The molecular weight excluding hydrogens is 255 g/mol. The van der Waals surface area contributed by atoms with Crippen LogP contribution in [0.25, 0.3) is 0 Å². The predicted octanol–water partition coefficient (Wildman–Crippen LogP) is 5.89. The van der Waals surface area contributed by atoms with Crippen LogP contribution in [0.2, 0.25) is 0 Å². The number of hydrogen-bond acceptors (Lipinski definition) is 1. The summed E-state index contributed by atoms with van der Waals surface area (Å²) in [5, 5.41) is 8.44. The van der Waals surface area contributed by atoms with Crippen molar-refractivity contribution in [3.05, 3.63) is 0 Å². The summed E-state index contributed by atoms with van der Waals surface area (Å²) in [5.74, 6) is -1.03. The molecule has 3 heteroatoms. The fraction of sp³-hybridized carbons (Fsp3) is 0.941. The summed E-state index contributed by atoms with van der Waals surface area (Å²) in [6, 6.07) is 0. The van der Waals surface area contributed by atoms with Gasteiger partial charge in [-0.2, -0.15) is 0 Å². The molecule has 0 spiro atoms. The Morgan fingerprint density at radius 3 is 1.65 bits per heavy atom. The van der Waals surface area contributed by atoms with Crippen molar-refractivity contribution in [3.8, 4) is 0 Å². The van der Waals surface area contributed by atoms with Gasteiger partial charge in [-0.05, 0) is 6.42 Å². The molecule has 0 saturated carbocycles. The Morgan fingerprint density at radius 2 is 1.25 bits per heavy atom. The molecule has 0 aromatic heterocycles. The molecule has 0 bridgehead atoms. The molecule has 0 aliphatic heterocycles. The van der Waals surface area contributed by atoms with E-state index in [9.17, 15) is 9.18 Å². The molecule has 0 fully saturated rings. The third-order valence-electron chi connectivity index (χ3n) is 3.77. The molecule has 1 N–H and O–H groups in total. The van der Waals surface area contributed by atoms with Gasteiger partial charge in [0.25, 0.3) is 0 Å². The average molecular weight is 288 g/mol. The van der Waals surface area contributed by atoms with Gasteiger partial charge in [0.15, 0.2) is 0 Å². The van der Waals surface area contributed by atoms with E-state index >= 15 is 0 Å². The zero-order valence-electron chi connectivity index (χ0n) is 13.2. The maximum absolute atomic E-state index is 13.1.